The van der Waals surface area contributed by atoms with Crippen LogP contribution in [0.2, 0.25) is 0 Å². The molecule has 7 atom stereocenters. The first-order valence-corrected chi connectivity index (χ1v) is 28.6. The number of imidazole rings is 1. The van der Waals surface area contributed by atoms with Gasteiger partial charge in [0.15, 0.2) is 17.7 Å². The van der Waals surface area contributed by atoms with E-state index in [0.717, 1.165) is 63.7 Å². The maximum Gasteiger partial charge on any atom is 0.487 e. The van der Waals surface area contributed by atoms with Gasteiger partial charge >= 0.3 is 15.6 Å². The number of fused-ring (bicyclic) bond motifs is 3. The number of aliphatic hydroxyl groups excluding tert-OH is 2. The first-order chi connectivity index (χ1) is 35.6. The van der Waals surface area contributed by atoms with Crippen molar-refractivity contribution in [1.29, 1.82) is 0 Å². The minimum Gasteiger partial charge on any atom is -0.756 e. The van der Waals surface area contributed by atoms with Crippen LogP contribution in [0, 0.1) is 13.8 Å². The Morgan fingerprint density at radius 1 is 0.920 bits per heavy atom. The van der Waals surface area contributed by atoms with Gasteiger partial charge in [0.2, 0.25) is 11.3 Å². The lowest BCUT2D eigenvalue weighted by Crippen LogP contribution is -2.76. The van der Waals surface area contributed by atoms with Crippen LogP contribution in [0.5, 0.6) is 0 Å². The molecule has 0 spiro atoms. The summed E-state index contributed by atoms with van der Waals surface area (Å²) in [6.07, 6.45) is -1.63. The summed E-state index contributed by atoms with van der Waals surface area (Å²) in [6, 6.07) is 15.7. The molecule has 2 amide bonds. The topological polar surface area (TPSA) is 360 Å². The van der Waals surface area contributed by atoms with E-state index in [1.54, 1.807) is 11.9 Å². The molecule has 7 rings (SSSR count). The molecule has 2 aromatic carbocycles. The molecular formula is C47H62N9O16P3. The Bertz CT molecular complexity index is 3210. The number of anilines is 2. The molecule has 9 N–H and O–H groups in total. The molecule has 4 aromatic rings. The van der Waals surface area contributed by atoms with Gasteiger partial charge in [0, 0.05) is 72.5 Å². The number of aromatic nitrogens is 4. The third kappa shape index (κ3) is 14.1. The Morgan fingerprint density at radius 2 is 1.68 bits per heavy atom. The number of phosphoric ester groups is 2. The van der Waals surface area contributed by atoms with E-state index in [-0.39, 0.29) is 41.6 Å². The van der Waals surface area contributed by atoms with Crippen molar-refractivity contribution in [2.45, 2.75) is 90.8 Å². The Balaban J connectivity index is 0.817. The van der Waals surface area contributed by atoms with Crippen molar-refractivity contribution in [3.63, 3.8) is 0 Å². The number of rotatable bonds is 25. The van der Waals surface area contributed by atoms with Gasteiger partial charge in [-0.05, 0) is 76.3 Å². The minimum absolute atomic E-state index is 0.0286. The zero-order valence-electron chi connectivity index (χ0n) is 41.9. The molecule has 2 aliphatic heterocycles. The van der Waals surface area contributed by atoms with Crippen molar-refractivity contribution in [2.75, 3.05) is 57.5 Å². The number of aryl methyl sites for hydroxylation is 2. The zero-order valence-corrected chi connectivity index (χ0v) is 44.6. The highest BCUT2D eigenvalue weighted by molar-refractivity contribution is 7.66. The molecule has 28 heteroatoms. The smallest absolute Gasteiger partial charge is 0.487 e. The number of carbonyl (C=O) groups is 2. The molecular weight excluding hydrogens is 1040 g/mol. The van der Waals surface area contributed by atoms with Crippen LogP contribution >= 0.6 is 23.5 Å². The molecule has 0 saturated carbocycles. The number of amides is 2. The standard InChI is InChI=1S/C47H62N9O16P3/c1-6-49-34-23-36-32(21-28(34)3)40(33-22-29(4)35(50-7-2)24-37(33)69-36)30-15-10-11-16-31(30)46(60)55(5)19-14-17-39(57)51-18-12-8-9-13-20-67-73(61,62)71-75(65,66)72-74(63,64)68-25-38-42(58)43(59)47(70-38)56-27-54-41-44(48)52-26-53-45(41)56/h10-11,15-16,21-24,26-27,38,42-43,47,49,58-59H,6-9,12-14,17-20,25H2,1-5H3,(H,51,57)(H,61,62)(H,63,64)(H,65,66)(H2,48,52,53)/t38-,42-,43-,47-/m1/s1. The van der Waals surface area contributed by atoms with E-state index in [9.17, 15) is 48.2 Å². The summed E-state index contributed by atoms with van der Waals surface area (Å²) in [5.74, 6) is 0.299. The number of nitrogens with one attached hydrogen (secondary N) is 3. The van der Waals surface area contributed by atoms with Gasteiger partial charge in [-0.25, -0.2) is 33.4 Å². The van der Waals surface area contributed by atoms with Gasteiger partial charge in [-0.15, -0.1) is 0 Å². The van der Waals surface area contributed by atoms with Crippen LogP contribution in [0.3, 0.4) is 0 Å². The predicted octanol–water partition coefficient (Wildman–Crippen LogP) is 3.56. The minimum atomic E-state index is -5.85. The van der Waals surface area contributed by atoms with Gasteiger partial charge < -0.3 is 59.8 Å². The summed E-state index contributed by atoms with van der Waals surface area (Å²) in [6.45, 7) is 8.79. The number of hydrogen-bond donors (Lipinski definition) is 8. The van der Waals surface area contributed by atoms with Gasteiger partial charge in [-0.2, -0.15) is 4.31 Å². The molecule has 1 aliphatic carbocycles. The van der Waals surface area contributed by atoms with Crippen molar-refractivity contribution < 1.29 is 80.0 Å². The predicted molar refractivity (Wildman–Crippen MR) is 271 cm³/mol. The number of benzene rings is 3. The summed E-state index contributed by atoms with van der Waals surface area (Å²) in [5.41, 5.74) is 12.8. The molecule has 3 aliphatic rings. The number of carbonyl (C=O) groups excluding carboxylic acids is 2. The highest BCUT2D eigenvalue weighted by Gasteiger charge is 2.47. The van der Waals surface area contributed by atoms with Gasteiger partial charge in [0.05, 0.1) is 25.6 Å². The zero-order chi connectivity index (χ0) is 54.2. The Hall–Kier alpha value is -5.49. The lowest BCUT2D eigenvalue weighted by Gasteiger charge is -2.25. The van der Waals surface area contributed by atoms with E-state index in [0.29, 0.717) is 55.7 Å². The number of phosphoric acid groups is 3. The molecule has 406 valence electrons. The average Bonchev–Trinajstić information content (AvgIpc) is 3.90. The van der Waals surface area contributed by atoms with Crippen LogP contribution in [-0.4, -0.2) is 121 Å². The second-order valence-corrected chi connectivity index (χ2v) is 22.4. The highest BCUT2D eigenvalue weighted by Crippen LogP contribution is 2.66. The van der Waals surface area contributed by atoms with Crippen molar-refractivity contribution >= 4 is 68.9 Å². The van der Waals surface area contributed by atoms with Crippen molar-refractivity contribution in [3.8, 4) is 22.5 Å². The quantitative estimate of drug-likeness (QED) is 0.0231. The van der Waals surface area contributed by atoms with Crippen LogP contribution < -0.4 is 31.6 Å². The van der Waals surface area contributed by atoms with E-state index in [1.165, 1.54) is 10.9 Å². The van der Waals surface area contributed by atoms with Gasteiger partial charge in [-0.3, -0.25) is 23.2 Å². The average molecular weight is 1100 g/mol. The molecule has 3 unspecified atom stereocenters. The number of unbranched alkanes of at least 4 members (excludes halogenated alkanes) is 3. The van der Waals surface area contributed by atoms with Crippen LogP contribution in [0.4, 0.5) is 11.5 Å². The van der Waals surface area contributed by atoms with E-state index in [2.05, 4.69) is 60.4 Å². The van der Waals surface area contributed by atoms with E-state index in [4.69, 9.17) is 14.9 Å². The lowest BCUT2D eigenvalue weighted by atomic mass is 9.89. The summed E-state index contributed by atoms with van der Waals surface area (Å²) in [7, 11) is -15.3. The number of ether oxygens (including phenoxy) is 1. The summed E-state index contributed by atoms with van der Waals surface area (Å²) < 4.78 is 68.0. The Kier molecular flexibility index (Phi) is 18.8. The van der Waals surface area contributed by atoms with Crippen molar-refractivity contribution in [3.05, 3.63) is 83.2 Å². The number of aliphatic hydroxyl groups is 2. The van der Waals surface area contributed by atoms with Gasteiger partial charge in [-0.1, -0.05) is 31.0 Å². The van der Waals surface area contributed by atoms with E-state index >= 15 is 0 Å². The first-order valence-electron chi connectivity index (χ1n) is 24.2. The second kappa shape index (κ2) is 24.7. The Labute approximate surface area is 431 Å². The molecule has 25 nitrogen and oxygen atoms in total. The highest BCUT2D eigenvalue weighted by atomic mass is 31.3. The molecule has 75 heavy (non-hydrogen) atoms. The van der Waals surface area contributed by atoms with Crippen LogP contribution in [0.15, 0.2) is 65.6 Å². The number of nitrogens with zero attached hydrogens (tertiary/aromatic N) is 5. The largest absolute Gasteiger partial charge is 0.756 e. The van der Waals surface area contributed by atoms with Gasteiger partial charge in [0.1, 0.15) is 48.0 Å². The van der Waals surface area contributed by atoms with Crippen molar-refractivity contribution in [2.24, 2.45) is 0 Å². The monoisotopic (exact) mass is 1100 g/mol. The molecule has 1 saturated heterocycles. The maximum atomic E-state index is 14.2. The fourth-order valence-corrected chi connectivity index (χ4v) is 12.1. The Morgan fingerprint density at radius 3 is 2.44 bits per heavy atom. The molecule has 2 aromatic heterocycles. The van der Waals surface area contributed by atoms with Crippen LogP contribution in [0.1, 0.15) is 80.1 Å². The van der Waals surface area contributed by atoms with Crippen molar-refractivity contribution in [1.82, 2.24) is 29.7 Å². The fourth-order valence-electron chi connectivity index (χ4n) is 8.64. The lowest BCUT2D eigenvalue weighted by molar-refractivity contribution is -0.496. The molecule has 1 fully saturated rings. The van der Waals surface area contributed by atoms with Gasteiger partial charge in [0.25, 0.3) is 13.7 Å². The third-order valence-electron chi connectivity index (χ3n) is 12.3. The fraction of sp³-hybridized carbons (Fsp3) is 0.447. The van der Waals surface area contributed by atoms with Crippen LogP contribution in [-0.2, 0) is 40.9 Å². The summed E-state index contributed by atoms with van der Waals surface area (Å²) in [5, 5.41) is 29.2. The van der Waals surface area contributed by atoms with E-state index in [1.807, 2.05) is 64.1 Å². The first kappa shape index (κ1) is 57.2. The number of nitrogen functional groups attached to an aromatic ring is 1. The third-order valence-corrected chi connectivity index (χ3v) is 16.5. The number of nitrogens with two attached hydrogens (primary N) is 1. The summed E-state index contributed by atoms with van der Waals surface area (Å²) in [4.78, 5) is 76.1. The molecule has 0 bridgehead atoms. The molecule has 0 radical (unpaired) electrons. The molecule has 4 heterocycles. The summed E-state index contributed by atoms with van der Waals surface area (Å²) >= 11 is 0. The SMILES string of the molecule is CCNc1cc2oc3cc(=[NH+]CC)c(C)cc-3c(-c3ccccc3C(=O)N(C)CCCC(=O)NCCCCCCOP(=O)([O-])OP(=O)(O)OP(=O)(O)OC[C@H]3O[C@@H](n4cnc5c(N)ncnc54)[C@H](O)[C@@H]3O)c2cc1C. The second-order valence-electron chi connectivity index (χ2n) is 17.8. The normalized spacial score (nSPS) is 19.5. The maximum absolute atomic E-state index is 14.2. The van der Waals surface area contributed by atoms with Crippen LogP contribution in [0.25, 0.3) is 44.6 Å². The number of hydrogen-bond acceptors (Lipinski definition) is 19. The van der Waals surface area contributed by atoms with E-state index < -0.39 is 61.2 Å².